The van der Waals surface area contributed by atoms with Crippen molar-refractivity contribution in [2.24, 2.45) is 0 Å². The zero-order valence-electron chi connectivity index (χ0n) is 19.8. The monoisotopic (exact) mass is 532 g/mol. The lowest BCUT2D eigenvalue weighted by molar-refractivity contribution is -0.142. The Labute approximate surface area is 211 Å². The van der Waals surface area contributed by atoms with Gasteiger partial charge in [0.2, 0.25) is 5.60 Å². The van der Waals surface area contributed by atoms with Crippen molar-refractivity contribution in [3.05, 3.63) is 54.5 Å². The average Bonchev–Trinajstić information content (AvgIpc) is 3.43. The Morgan fingerprint density at radius 3 is 2.76 bits per heavy atom. The predicted octanol–water partition coefficient (Wildman–Crippen LogP) is 0.722. The second kappa shape index (κ2) is 10.4. The topological polar surface area (TPSA) is 204 Å². The summed E-state index contributed by atoms with van der Waals surface area (Å²) in [5.74, 6) is -0.428. The molecule has 2 aromatic heterocycles. The molecule has 1 saturated heterocycles. The Bertz CT molecular complexity index is 1360. The van der Waals surface area contributed by atoms with Gasteiger partial charge in [-0.2, -0.15) is 15.4 Å². The minimum atomic E-state index is -4.36. The highest BCUT2D eigenvalue weighted by atomic mass is 31.2. The van der Waals surface area contributed by atoms with Crippen LogP contribution < -0.4 is 15.3 Å². The van der Waals surface area contributed by atoms with Crippen molar-refractivity contribution in [1.29, 1.82) is 5.26 Å². The fourth-order valence-electron chi connectivity index (χ4n) is 3.83. The van der Waals surface area contributed by atoms with E-state index in [9.17, 15) is 24.8 Å². The van der Waals surface area contributed by atoms with Gasteiger partial charge in [-0.3, -0.25) is 9.32 Å². The summed E-state index contributed by atoms with van der Waals surface area (Å²) in [6.45, 7) is 0.575. The first-order chi connectivity index (χ1) is 17.6. The maximum Gasteiger partial charge on any atom is 0.459 e. The SMILES string of the molecule is COC(=O)C(C)N[P@](=O)(OC[C@@]1(C#N)O[C@@H](c2ccc3c(N)ncnn23)[C@@H](O)[C@@H]1O)Oc1ccccc1. The largest absolute Gasteiger partial charge is 0.468 e. The van der Waals surface area contributed by atoms with Crippen LogP contribution in [0.4, 0.5) is 5.82 Å². The number of anilines is 1. The number of nitrogen functional groups attached to an aromatic ring is 1. The third kappa shape index (κ3) is 5.14. The number of hydrogen-bond acceptors (Lipinski definition) is 12. The molecule has 0 saturated carbocycles. The number of ether oxygens (including phenoxy) is 2. The number of esters is 1. The number of carbonyl (C=O) groups is 1. The maximum atomic E-state index is 13.6. The van der Waals surface area contributed by atoms with Crippen LogP contribution in [0.5, 0.6) is 5.75 Å². The number of nitrogens with one attached hydrogen (secondary N) is 1. The van der Waals surface area contributed by atoms with Gasteiger partial charge in [0.1, 0.15) is 54.6 Å². The first-order valence-corrected chi connectivity index (χ1v) is 12.6. The third-order valence-electron chi connectivity index (χ3n) is 5.76. The van der Waals surface area contributed by atoms with Crippen LogP contribution in [0.3, 0.4) is 0 Å². The molecule has 15 heteroatoms. The Balaban J connectivity index is 1.60. The van der Waals surface area contributed by atoms with E-state index in [4.69, 9.17) is 19.5 Å². The number of rotatable bonds is 9. The van der Waals surface area contributed by atoms with Crippen LogP contribution in [0.25, 0.3) is 5.52 Å². The van der Waals surface area contributed by atoms with Crippen LogP contribution in [-0.2, 0) is 23.4 Å². The van der Waals surface area contributed by atoms with Crippen molar-refractivity contribution >= 4 is 25.1 Å². The van der Waals surface area contributed by atoms with Crippen LogP contribution in [0, 0.1) is 11.3 Å². The summed E-state index contributed by atoms with van der Waals surface area (Å²) in [7, 11) is -3.21. The van der Waals surface area contributed by atoms with E-state index >= 15 is 0 Å². The molecule has 1 unspecified atom stereocenters. The first kappa shape index (κ1) is 26.5. The molecular formula is C22H25N6O8P. The van der Waals surface area contributed by atoms with Gasteiger partial charge in [0.15, 0.2) is 5.82 Å². The van der Waals surface area contributed by atoms with Gasteiger partial charge in [0.25, 0.3) is 0 Å². The molecule has 1 aliphatic heterocycles. The zero-order valence-corrected chi connectivity index (χ0v) is 20.7. The van der Waals surface area contributed by atoms with E-state index in [0.29, 0.717) is 5.52 Å². The lowest BCUT2D eigenvalue weighted by Crippen LogP contribution is -2.46. The second-order valence-electron chi connectivity index (χ2n) is 8.22. The highest BCUT2D eigenvalue weighted by Crippen LogP contribution is 2.48. The standard InChI is InChI=1S/C22H25N6O8P/c1-13(21(31)33-2)27-37(32,36-14-6-4-3-5-7-14)34-11-22(10-23)19(30)17(29)18(35-22)15-8-9-16-20(24)25-12-26-28(15)16/h3-9,12-13,17-19,29-30H,11H2,1-2H3,(H,27,32)(H2,24,25,26)/t13?,17-,18+,19+,22-,37+/m1/s1. The van der Waals surface area contributed by atoms with Crippen molar-refractivity contribution in [2.75, 3.05) is 19.5 Å². The number of hydrogen-bond donors (Lipinski definition) is 4. The molecule has 0 aliphatic carbocycles. The number of benzene rings is 1. The molecule has 0 radical (unpaired) electrons. The van der Waals surface area contributed by atoms with E-state index in [-0.39, 0.29) is 17.3 Å². The Hall–Kier alpha value is -3.57. The number of nitriles is 1. The minimum absolute atomic E-state index is 0.143. The molecule has 3 heterocycles. The van der Waals surface area contributed by atoms with Gasteiger partial charge in [-0.05, 0) is 31.2 Å². The summed E-state index contributed by atoms with van der Waals surface area (Å²) >= 11 is 0. The molecule has 14 nitrogen and oxygen atoms in total. The van der Waals surface area contributed by atoms with Crippen molar-refractivity contribution in [3.8, 4) is 11.8 Å². The number of nitrogens with two attached hydrogens (primary N) is 1. The second-order valence-corrected chi connectivity index (χ2v) is 9.92. The Morgan fingerprint density at radius 1 is 1.35 bits per heavy atom. The van der Waals surface area contributed by atoms with Crippen LogP contribution in [0.1, 0.15) is 18.7 Å². The average molecular weight is 532 g/mol. The lowest BCUT2D eigenvalue weighted by Gasteiger charge is -2.28. The van der Waals surface area contributed by atoms with E-state index in [1.807, 2.05) is 6.07 Å². The predicted molar refractivity (Wildman–Crippen MR) is 127 cm³/mol. The molecule has 0 bridgehead atoms. The summed E-state index contributed by atoms with van der Waals surface area (Å²) in [4.78, 5) is 15.8. The van der Waals surface area contributed by atoms with Gasteiger partial charge in [-0.1, -0.05) is 18.2 Å². The minimum Gasteiger partial charge on any atom is -0.468 e. The molecule has 6 atom stereocenters. The third-order valence-corrected chi connectivity index (χ3v) is 7.39. The van der Waals surface area contributed by atoms with Gasteiger partial charge in [0.05, 0.1) is 12.8 Å². The number of para-hydroxylation sites is 1. The summed E-state index contributed by atoms with van der Waals surface area (Å²) in [6, 6.07) is 11.8. The van der Waals surface area contributed by atoms with Gasteiger partial charge in [0, 0.05) is 0 Å². The highest BCUT2D eigenvalue weighted by Gasteiger charge is 2.57. The van der Waals surface area contributed by atoms with Crippen LogP contribution >= 0.6 is 7.75 Å². The van der Waals surface area contributed by atoms with Gasteiger partial charge < -0.3 is 29.9 Å². The molecule has 1 aromatic carbocycles. The molecule has 1 aliphatic rings. The van der Waals surface area contributed by atoms with Crippen molar-refractivity contribution in [1.82, 2.24) is 19.7 Å². The zero-order chi connectivity index (χ0) is 26.8. The molecule has 3 aromatic rings. The normalized spacial score (nSPS) is 25.8. The number of aromatic nitrogens is 3. The molecule has 196 valence electrons. The summed E-state index contributed by atoms with van der Waals surface area (Å²) in [5.41, 5.74) is 4.40. The van der Waals surface area contributed by atoms with Gasteiger partial charge in [-0.25, -0.2) is 14.1 Å². The van der Waals surface area contributed by atoms with Crippen molar-refractivity contribution < 1.29 is 38.1 Å². The molecule has 5 N–H and O–H groups in total. The smallest absolute Gasteiger partial charge is 0.459 e. The lowest BCUT2D eigenvalue weighted by atomic mass is 9.96. The number of carbonyl (C=O) groups excluding carboxylic acids is 1. The van der Waals surface area contributed by atoms with Gasteiger partial charge in [-0.15, -0.1) is 0 Å². The van der Waals surface area contributed by atoms with Crippen LogP contribution in [0.15, 0.2) is 48.8 Å². The quantitative estimate of drug-likeness (QED) is 0.222. The number of aliphatic hydroxyl groups excluding tert-OH is 2. The number of aliphatic hydroxyl groups is 2. The maximum absolute atomic E-state index is 13.6. The molecule has 37 heavy (non-hydrogen) atoms. The van der Waals surface area contributed by atoms with E-state index < -0.39 is 50.3 Å². The van der Waals surface area contributed by atoms with Crippen molar-refractivity contribution in [3.63, 3.8) is 0 Å². The molecule has 1 fully saturated rings. The highest BCUT2D eigenvalue weighted by molar-refractivity contribution is 7.52. The first-order valence-electron chi connectivity index (χ1n) is 11.0. The summed E-state index contributed by atoms with van der Waals surface area (Å²) in [6.07, 6.45) is -3.40. The summed E-state index contributed by atoms with van der Waals surface area (Å²) in [5, 5.41) is 38.1. The summed E-state index contributed by atoms with van der Waals surface area (Å²) < 4.78 is 36.5. The fraction of sp³-hybridized carbons (Fsp3) is 0.364. The van der Waals surface area contributed by atoms with Crippen LogP contribution in [-0.4, -0.2) is 68.3 Å². The van der Waals surface area contributed by atoms with E-state index in [1.54, 1.807) is 30.3 Å². The molecular weight excluding hydrogens is 507 g/mol. The molecule has 4 rings (SSSR count). The fourth-order valence-corrected chi connectivity index (χ4v) is 5.35. The van der Waals surface area contributed by atoms with Gasteiger partial charge >= 0.3 is 13.7 Å². The van der Waals surface area contributed by atoms with E-state index in [2.05, 4.69) is 19.9 Å². The van der Waals surface area contributed by atoms with Crippen molar-refractivity contribution in [2.45, 2.75) is 36.9 Å². The Morgan fingerprint density at radius 2 is 2.08 bits per heavy atom. The van der Waals surface area contributed by atoms with Crippen LogP contribution in [0.2, 0.25) is 0 Å². The molecule has 0 amide bonds. The Kier molecular flexibility index (Phi) is 7.47. The van der Waals surface area contributed by atoms with E-state index in [0.717, 1.165) is 7.11 Å². The number of nitrogens with zero attached hydrogens (tertiary/aromatic N) is 4. The molecule has 0 spiro atoms. The number of fused-ring (bicyclic) bond motifs is 1. The van der Waals surface area contributed by atoms with E-state index in [1.165, 1.54) is 29.9 Å². The number of methoxy groups -OCH3 is 1.